The lowest BCUT2D eigenvalue weighted by molar-refractivity contribution is -0.304. The maximum Gasteiger partial charge on any atom is 0.340 e. The summed E-state index contributed by atoms with van der Waals surface area (Å²) in [5, 5.41) is 15.2. The van der Waals surface area contributed by atoms with Crippen molar-refractivity contribution >= 4 is 34.9 Å². The van der Waals surface area contributed by atoms with E-state index >= 15 is 0 Å². The van der Waals surface area contributed by atoms with Crippen LogP contribution in [-0.2, 0) is 27.2 Å². The summed E-state index contributed by atoms with van der Waals surface area (Å²) in [7, 11) is 0. The number of aliphatic carboxylic acids is 1. The van der Waals surface area contributed by atoms with Crippen LogP contribution in [0.3, 0.4) is 0 Å². The number of para-hydroxylation sites is 1. The number of aromatic nitrogens is 1. The summed E-state index contributed by atoms with van der Waals surface area (Å²) in [5.41, 5.74) is 0.978. The summed E-state index contributed by atoms with van der Waals surface area (Å²) in [5.74, 6) is -2.10. The van der Waals surface area contributed by atoms with E-state index in [4.69, 9.17) is 4.74 Å². The Morgan fingerprint density at radius 3 is 2.71 bits per heavy atom. The van der Waals surface area contributed by atoms with Gasteiger partial charge in [-0.25, -0.2) is 9.78 Å². The van der Waals surface area contributed by atoms with E-state index in [1.54, 1.807) is 36.6 Å². The van der Waals surface area contributed by atoms with Gasteiger partial charge in [0, 0.05) is 17.8 Å². The van der Waals surface area contributed by atoms with Gasteiger partial charge in [0.05, 0.1) is 30.0 Å². The number of hydrogen-bond acceptors (Lipinski definition) is 7. The Hall–Kier alpha value is -2.74. The van der Waals surface area contributed by atoms with E-state index < -0.39 is 11.9 Å². The van der Waals surface area contributed by atoms with Crippen LogP contribution in [0, 0.1) is 0 Å². The molecule has 0 aliphatic carbocycles. The summed E-state index contributed by atoms with van der Waals surface area (Å²) in [4.78, 5) is 38.6. The lowest BCUT2D eigenvalue weighted by Gasteiger charge is -2.09. The van der Waals surface area contributed by atoms with Crippen molar-refractivity contribution < 1.29 is 24.2 Å². The number of carboxylic acids is 1. The van der Waals surface area contributed by atoms with E-state index in [0.717, 1.165) is 0 Å². The molecule has 0 bridgehead atoms. The van der Waals surface area contributed by atoms with Gasteiger partial charge in [0.1, 0.15) is 5.01 Å². The minimum Gasteiger partial charge on any atom is -0.550 e. The number of amides is 1. The number of anilines is 1. The minimum atomic E-state index is -1.22. The number of carbonyl (C=O) groups is 3. The molecular formula is C16H15N2O5S-. The van der Waals surface area contributed by atoms with Crippen molar-refractivity contribution in [2.45, 2.75) is 19.8 Å². The van der Waals surface area contributed by atoms with E-state index in [0.29, 0.717) is 16.4 Å². The van der Waals surface area contributed by atoms with Crippen molar-refractivity contribution in [1.82, 2.24) is 4.98 Å². The first kappa shape index (κ1) is 17.6. The third-order valence-electron chi connectivity index (χ3n) is 2.93. The smallest absolute Gasteiger partial charge is 0.340 e. The van der Waals surface area contributed by atoms with Crippen LogP contribution in [0.4, 0.5) is 5.69 Å². The third-order valence-corrected chi connectivity index (χ3v) is 3.83. The Labute approximate surface area is 142 Å². The molecule has 0 saturated heterocycles. The molecule has 126 valence electrons. The van der Waals surface area contributed by atoms with Gasteiger partial charge in [-0.2, -0.15) is 0 Å². The number of benzene rings is 1. The quantitative estimate of drug-likeness (QED) is 0.742. The highest BCUT2D eigenvalue weighted by Crippen LogP contribution is 2.17. The second-order valence-electron chi connectivity index (χ2n) is 4.77. The first-order valence-corrected chi connectivity index (χ1v) is 8.06. The van der Waals surface area contributed by atoms with Gasteiger partial charge in [-0.1, -0.05) is 12.1 Å². The molecule has 1 aromatic heterocycles. The van der Waals surface area contributed by atoms with Crippen molar-refractivity contribution in [3.05, 3.63) is 45.9 Å². The Morgan fingerprint density at radius 2 is 2.00 bits per heavy atom. The summed E-state index contributed by atoms with van der Waals surface area (Å²) in [6.07, 6.45) is -0.307. The molecule has 0 aliphatic rings. The van der Waals surface area contributed by atoms with Gasteiger partial charge in [-0.15, -0.1) is 11.3 Å². The van der Waals surface area contributed by atoms with Crippen LogP contribution in [0.5, 0.6) is 0 Å². The molecular weight excluding hydrogens is 332 g/mol. The highest BCUT2D eigenvalue weighted by molar-refractivity contribution is 7.09. The Kier molecular flexibility index (Phi) is 6.02. The molecule has 0 fully saturated rings. The third kappa shape index (κ3) is 4.88. The number of nitrogens with zero attached hydrogens (tertiary/aromatic N) is 1. The number of hydrogen-bond donors (Lipinski definition) is 1. The first-order valence-electron chi connectivity index (χ1n) is 7.18. The Bertz CT molecular complexity index is 756. The van der Waals surface area contributed by atoms with Gasteiger partial charge >= 0.3 is 5.97 Å². The number of nitrogens with one attached hydrogen (secondary N) is 1. The number of esters is 1. The summed E-state index contributed by atoms with van der Waals surface area (Å²) in [6.45, 7) is 1.94. The van der Waals surface area contributed by atoms with Gasteiger partial charge < -0.3 is 20.0 Å². The van der Waals surface area contributed by atoms with Crippen LogP contribution in [0.25, 0.3) is 0 Å². The molecule has 7 nitrogen and oxygen atoms in total. The lowest BCUT2D eigenvalue weighted by Crippen LogP contribution is -2.24. The number of carbonyl (C=O) groups excluding carboxylic acids is 3. The average molecular weight is 347 g/mol. The molecule has 0 radical (unpaired) electrons. The highest BCUT2D eigenvalue weighted by atomic mass is 32.1. The summed E-state index contributed by atoms with van der Waals surface area (Å²) < 4.78 is 4.95. The molecule has 0 aliphatic heterocycles. The second kappa shape index (κ2) is 8.21. The molecule has 1 amide bonds. The molecule has 0 atom stereocenters. The minimum absolute atomic E-state index is 0.0190. The molecule has 8 heteroatoms. The van der Waals surface area contributed by atoms with E-state index in [9.17, 15) is 19.5 Å². The fourth-order valence-corrected chi connectivity index (χ4v) is 2.76. The molecule has 0 saturated carbocycles. The second-order valence-corrected chi connectivity index (χ2v) is 5.72. The molecule has 24 heavy (non-hydrogen) atoms. The number of rotatable bonds is 7. The van der Waals surface area contributed by atoms with E-state index in [1.807, 2.05) is 0 Å². The van der Waals surface area contributed by atoms with Crippen LogP contribution in [0.15, 0.2) is 29.6 Å². The zero-order valence-electron chi connectivity index (χ0n) is 12.9. The van der Waals surface area contributed by atoms with Gasteiger partial charge in [-0.05, 0) is 19.1 Å². The van der Waals surface area contributed by atoms with E-state index in [2.05, 4.69) is 10.3 Å². The average Bonchev–Trinajstić information content (AvgIpc) is 2.94. The molecule has 2 rings (SSSR count). The van der Waals surface area contributed by atoms with E-state index in [1.165, 1.54) is 11.3 Å². The monoisotopic (exact) mass is 347 g/mol. The lowest BCUT2D eigenvalue weighted by atomic mass is 10.1. The van der Waals surface area contributed by atoms with Gasteiger partial charge in [0.2, 0.25) is 5.91 Å². The zero-order valence-corrected chi connectivity index (χ0v) is 13.7. The molecule has 1 aromatic carbocycles. The SMILES string of the molecule is CCOC(=O)c1ccccc1NC(=O)Cc1nc(CC(=O)[O-])cs1. The fourth-order valence-electron chi connectivity index (χ4n) is 1.97. The van der Waals surface area contributed by atoms with Crippen LogP contribution >= 0.6 is 11.3 Å². The largest absolute Gasteiger partial charge is 0.550 e. The molecule has 0 unspecified atom stereocenters. The van der Waals surface area contributed by atoms with Crippen LogP contribution in [0.1, 0.15) is 28.0 Å². The predicted octanol–water partition coefficient (Wildman–Crippen LogP) is 0.793. The van der Waals surface area contributed by atoms with Crippen molar-refractivity contribution in [2.75, 3.05) is 11.9 Å². The first-order chi connectivity index (χ1) is 11.5. The van der Waals surface area contributed by atoms with Crippen molar-refractivity contribution in [1.29, 1.82) is 0 Å². The topological polar surface area (TPSA) is 108 Å². The predicted molar refractivity (Wildman–Crippen MR) is 85.6 cm³/mol. The van der Waals surface area contributed by atoms with Crippen LogP contribution in [-0.4, -0.2) is 29.4 Å². The normalized spacial score (nSPS) is 10.2. The van der Waals surface area contributed by atoms with Gasteiger partial charge in [-0.3, -0.25) is 4.79 Å². The van der Waals surface area contributed by atoms with Crippen molar-refractivity contribution in [2.24, 2.45) is 0 Å². The standard InChI is InChI=1S/C16H16N2O5S/c1-2-23-16(22)11-5-3-4-6-12(11)18-13(19)8-14-17-10(9-24-14)7-15(20)21/h3-6,9H,2,7-8H2,1H3,(H,18,19)(H,20,21)/p-1. The number of ether oxygens (including phenoxy) is 1. The molecule has 0 spiro atoms. The Balaban J connectivity index is 2.03. The van der Waals surface area contributed by atoms with Crippen LogP contribution < -0.4 is 10.4 Å². The molecule has 2 aromatic rings. The maximum atomic E-state index is 12.1. The zero-order chi connectivity index (χ0) is 17.5. The number of thiazole rings is 1. The van der Waals surface area contributed by atoms with Gasteiger partial charge in [0.25, 0.3) is 0 Å². The maximum absolute atomic E-state index is 12.1. The highest BCUT2D eigenvalue weighted by Gasteiger charge is 2.15. The van der Waals surface area contributed by atoms with Crippen molar-refractivity contribution in [3.63, 3.8) is 0 Å². The summed E-state index contributed by atoms with van der Waals surface area (Å²) in [6, 6.07) is 6.54. The van der Waals surface area contributed by atoms with Gasteiger partial charge in [0.15, 0.2) is 0 Å². The fraction of sp³-hybridized carbons (Fsp3) is 0.250. The molecule has 1 N–H and O–H groups in total. The number of carboxylic acid groups (broad SMARTS) is 1. The van der Waals surface area contributed by atoms with E-state index in [-0.39, 0.29) is 30.9 Å². The summed E-state index contributed by atoms with van der Waals surface area (Å²) >= 11 is 1.19. The van der Waals surface area contributed by atoms with Crippen molar-refractivity contribution in [3.8, 4) is 0 Å². The van der Waals surface area contributed by atoms with Crippen LogP contribution in [0.2, 0.25) is 0 Å². The molecule has 1 heterocycles. The Morgan fingerprint density at radius 1 is 1.25 bits per heavy atom.